The Bertz CT molecular complexity index is 124. The van der Waals surface area contributed by atoms with Crippen molar-refractivity contribution in [2.45, 2.75) is 64.6 Å². The van der Waals surface area contributed by atoms with E-state index in [4.69, 9.17) is 9.47 Å². The Hall–Kier alpha value is 0.620. The van der Waals surface area contributed by atoms with Gasteiger partial charge in [0, 0.05) is 0 Å². The van der Waals surface area contributed by atoms with Gasteiger partial charge < -0.3 is 9.47 Å². The van der Waals surface area contributed by atoms with Crippen molar-refractivity contribution in [3.8, 4) is 0 Å². The molecule has 0 aliphatic carbocycles. The first kappa shape index (κ1) is 14.6. The monoisotopic (exact) mass is 238 g/mol. The summed E-state index contributed by atoms with van der Waals surface area (Å²) in [5, 5.41) is 0. The number of hydrogen-bond donors (Lipinski definition) is 0. The van der Waals surface area contributed by atoms with Crippen LogP contribution >= 0.6 is 21.6 Å². The highest BCUT2D eigenvalue weighted by Gasteiger charge is 2.10. The minimum absolute atomic E-state index is 0.221. The van der Waals surface area contributed by atoms with E-state index >= 15 is 0 Å². The van der Waals surface area contributed by atoms with Crippen LogP contribution in [0.4, 0.5) is 0 Å². The second-order valence-electron chi connectivity index (χ2n) is 3.70. The van der Waals surface area contributed by atoms with Gasteiger partial charge in [0.05, 0.1) is 12.2 Å². The molecule has 0 N–H and O–H groups in total. The van der Waals surface area contributed by atoms with Gasteiger partial charge in [-0.15, -0.1) is 0 Å². The molecule has 2 nitrogen and oxygen atoms in total. The molecule has 0 saturated heterocycles. The predicted molar refractivity (Wildman–Crippen MR) is 66.5 cm³/mol. The lowest BCUT2D eigenvalue weighted by Gasteiger charge is -2.19. The van der Waals surface area contributed by atoms with E-state index in [0.717, 1.165) is 0 Å². The van der Waals surface area contributed by atoms with Crippen molar-refractivity contribution in [3.05, 3.63) is 0 Å². The van der Waals surface area contributed by atoms with E-state index in [1.165, 1.54) is 0 Å². The quantitative estimate of drug-likeness (QED) is 0.494. The summed E-state index contributed by atoms with van der Waals surface area (Å²) in [6.45, 7) is 12.3. The van der Waals surface area contributed by atoms with Gasteiger partial charge in [0.15, 0.2) is 0 Å². The molecular formula is C10H22O2S2. The Morgan fingerprint density at radius 2 is 0.929 bits per heavy atom. The highest BCUT2D eigenvalue weighted by Crippen LogP contribution is 2.32. The van der Waals surface area contributed by atoms with E-state index in [2.05, 4.69) is 41.5 Å². The van der Waals surface area contributed by atoms with E-state index in [1.807, 2.05) is 0 Å². The van der Waals surface area contributed by atoms with E-state index in [1.54, 1.807) is 21.6 Å². The predicted octanol–water partition coefficient (Wildman–Crippen LogP) is 3.91. The van der Waals surface area contributed by atoms with Crippen LogP contribution < -0.4 is 0 Å². The summed E-state index contributed by atoms with van der Waals surface area (Å²) in [5.74, 6) is 0. The number of rotatable bonds is 7. The molecule has 0 fully saturated rings. The summed E-state index contributed by atoms with van der Waals surface area (Å²) in [4.78, 5) is 0. The highest BCUT2D eigenvalue weighted by molar-refractivity contribution is 8.77. The number of hydrogen-bond acceptors (Lipinski definition) is 4. The van der Waals surface area contributed by atoms with Gasteiger partial charge in [-0.1, -0.05) is 21.6 Å². The first-order chi connectivity index (χ1) is 6.41. The SMILES string of the molecule is CC(C)OC(C)SSC(C)OC(C)C. The first-order valence-corrected chi connectivity index (χ1v) is 7.32. The molecule has 0 spiro atoms. The van der Waals surface area contributed by atoms with Crippen molar-refractivity contribution in [3.63, 3.8) is 0 Å². The fourth-order valence-electron chi connectivity index (χ4n) is 0.968. The number of ether oxygens (including phenoxy) is 2. The molecule has 0 aliphatic heterocycles. The van der Waals surface area contributed by atoms with Crippen LogP contribution in [-0.2, 0) is 9.47 Å². The second-order valence-corrected chi connectivity index (χ2v) is 6.56. The van der Waals surface area contributed by atoms with Gasteiger partial charge in [0.25, 0.3) is 0 Å². The Kier molecular flexibility index (Phi) is 8.20. The molecule has 4 heteroatoms. The zero-order chi connectivity index (χ0) is 11.1. The average molecular weight is 238 g/mol. The van der Waals surface area contributed by atoms with Crippen LogP contribution in [0.15, 0.2) is 0 Å². The second kappa shape index (κ2) is 7.85. The molecule has 0 bridgehead atoms. The molecule has 0 radical (unpaired) electrons. The molecule has 2 unspecified atom stereocenters. The third-order valence-corrected chi connectivity index (χ3v) is 4.09. The van der Waals surface area contributed by atoms with Gasteiger partial charge in [-0.25, -0.2) is 0 Å². The van der Waals surface area contributed by atoms with Gasteiger partial charge in [0.1, 0.15) is 10.9 Å². The van der Waals surface area contributed by atoms with Crippen LogP contribution in [-0.4, -0.2) is 23.1 Å². The van der Waals surface area contributed by atoms with Crippen LogP contribution in [0.25, 0.3) is 0 Å². The fraction of sp³-hybridized carbons (Fsp3) is 1.00. The fourth-order valence-corrected chi connectivity index (χ4v) is 3.03. The summed E-state index contributed by atoms with van der Waals surface area (Å²) < 4.78 is 11.2. The molecule has 86 valence electrons. The van der Waals surface area contributed by atoms with E-state index in [9.17, 15) is 0 Å². The van der Waals surface area contributed by atoms with Crippen LogP contribution in [0.5, 0.6) is 0 Å². The Balaban J connectivity index is 3.50. The maximum Gasteiger partial charge on any atom is 0.110 e. The molecule has 0 heterocycles. The molecule has 0 aliphatic rings. The Morgan fingerprint density at radius 3 is 1.14 bits per heavy atom. The highest BCUT2D eigenvalue weighted by atomic mass is 33.1. The lowest BCUT2D eigenvalue weighted by atomic mass is 10.5. The lowest BCUT2D eigenvalue weighted by Crippen LogP contribution is -2.12. The summed E-state index contributed by atoms with van der Waals surface area (Å²) in [7, 11) is 3.45. The van der Waals surface area contributed by atoms with Crippen molar-refractivity contribution in [1.82, 2.24) is 0 Å². The minimum atomic E-state index is 0.221. The normalized spacial score (nSPS) is 16.3. The average Bonchev–Trinajstić information content (AvgIpc) is 1.98. The van der Waals surface area contributed by atoms with Crippen LogP contribution in [0.3, 0.4) is 0 Å². The maximum atomic E-state index is 5.59. The van der Waals surface area contributed by atoms with Crippen molar-refractivity contribution < 1.29 is 9.47 Å². The van der Waals surface area contributed by atoms with Crippen molar-refractivity contribution in [2.24, 2.45) is 0 Å². The van der Waals surface area contributed by atoms with Crippen LogP contribution in [0, 0.1) is 0 Å². The van der Waals surface area contributed by atoms with Gasteiger partial charge in [-0.2, -0.15) is 0 Å². The molecule has 14 heavy (non-hydrogen) atoms. The molecular weight excluding hydrogens is 216 g/mol. The molecule has 0 aromatic heterocycles. The Morgan fingerprint density at radius 1 is 0.643 bits per heavy atom. The summed E-state index contributed by atoms with van der Waals surface area (Å²) in [5.41, 5.74) is 0.441. The smallest absolute Gasteiger partial charge is 0.110 e. The van der Waals surface area contributed by atoms with E-state index in [0.29, 0.717) is 12.2 Å². The molecule has 0 amide bonds. The zero-order valence-corrected chi connectivity index (χ0v) is 11.6. The van der Waals surface area contributed by atoms with Gasteiger partial charge in [0.2, 0.25) is 0 Å². The molecule has 2 atom stereocenters. The lowest BCUT2D eigenvalue weighted by molar-refractivity contribution is 0.0672. The van der Waals surface area contributed by atoms with Crippen molar-refractivity contribution in [1.29, 1.82) is 0 Å². The van der Waals surface area contributed by atoms with Crippen molar-refractivity contribution in [2.75, 3.05) is 0 Å². The standard InChI is InChI=1S/C10H22O2S2/c1-7(2)11-9(5)13-14-10(6)12-8(3)4/h7-10H,1-6H3. The van der Waals surface area contributed by atoms with Gasteiger partial charge in [-0.3, -0.25) is 0 Å². The third-order valence-electron chi connectivity index (χ3n) is 1.25. The summed E-state index contributed by atoms with van der Waals surface area (Å²) in [6, 6.07) is 0. The molecule has 0 aromatic carbocycles. The minimum Gasteiger partial charge on any atom is -0.364 e. The van der Waals surface area contributed by atoms with E-state index in [-0.39, 0.29) is 10.9 Å². The van der Waals surface area contributed by atoms with E-state index < -0.39 is 0 Å². The van der Waals surface area contributed by atoms with Crippen molar-refractivity contribution >= 4 is 21.6 Å². The molecule has 0 aromatic rings. The zero-order valence-electron chi connectivity index (χ0n) is 9.94. The van der Waals surface area contributed by atoms with Crippen LogP contribution in [0.1, 0.15) is 41.5 Å². The Labute approximate surface area is 95.9 Å². The van der Waals surface area contributed by atoms with Gasteiger partial charge in [-0.05, 0) is 41.5 Å². The third kappa shape index (κ3) is 9.19. The van der Waals surface area contributed by atoms with Gasteiger partial charge >= 0.3 is 0 Å². The summed E-state index contributed by atoms with van der Waals surface area (Å²) >= 11 is 0. The molecule has 0 rings (SSSR count). The summed E-state index contributed by atoms with van der Waals surface area (Å²) in [6.07, 6.45) is 0.582. The topological polar surface area (TPSA) is 18.5 Å². The largest absolute Gasteiger partial charge is 0.364 e. The first-order valence-electron chi connectivity index (χ1n) is 5.04. The van der Waals surface area contributed by atoms with Crippen LogP contribution in [0.2, 0.25) is 0 Å². The maximum absolute atomic E-state index is 5.59. The molecule has 0 saturated carbocycles.